The lowest BCUT2D eigenvalue weighted by molar-refractivity contribution is 0.186. The van der Waals surface area contributed by atoms with Crippen LogP contribution < -0.4 is 11.3 Å². The van der Waals surface area contributed by atoms with Gasteiger partial charge in [0.2, 0.25) is 0 Å². The Morgan fingerprint density at radius 2 is 2.12 bits per heavy atom. The van der Waals surface area contributed by atoms with Crippen LogP contribution in [-0.2, 0) is 11.3 Å². The highest BCUT2D eigenvalue weighted by atomic mass is 79.9. The van der Waals surface area contributed by atoms with Crippen molar-refractivity contribution < 1.29 is 4.74 Å². The van der Waals surface area contributed by atoms with Crippen LogP contribution >= 0.6 is 27.3 Å². The Morgan fingerprint density at radius 1 is 1.31 bits per heavy atom. The van der Waals surface area contributed by atoms with Crippen LogP contribution in [0, 0.1) is 6.92 Å². The molecule has 3 heterocycles. The number of nitrogen functional groups attached to an aromatic ring is 1. The Hall–Kier alpha value is -2.29. The zero-order valence-corrected chi connectivity index (χ0v) is 16.5. The summed E-state index contributed by atoms with van der Waals surface area (Å²) >= 11 is 4.79. The second-order valence-corrected chi connectivity index (χ2v) is 7.87. The molecule has 0 bridgehead atoms. The van der Waals surface area contributed by atoms with E-state index in [-0.39, 0.29) is 5.56 Å². The highest BCUT2D eigenvalue weighted by Gasteiger charge is 2.18. The van der Waals surface area contributed by atoms with E-state index in [1.807, 2.05) is 19.1 Å². The standard InChI is InChI=1S/C18H15BrN4O2S/c1-8-5-9(7-25-2)13-14(20)15(26-18(13)21-8)16-22-12-4-3-10(19)6-11(12)17(24)23-16/h3-6H,7,20H2,1-2H3,(H,22,23,24). The van der Waals surface area contributed by atoms with Gasteiger partial charge in [0.05, 0.1) is 28.1 Å². The number of halogens is 1. The minimum atomic E-state index is -0.204. The number of aromatic nitrogens is 3. The molecular weight excluding hydrogens is 416 g/mol. The van der Waals surface area contributed by atoms with E-state index < -0.39 is 0 Å². The van der Waals surface area contributed by atoms with Crippen molar-refractivity contribution in [2.45, 2.75) is 13.5 Å². The highest BCUT2D eigenvalue weighted by molar-refractivity contribution is 9.10. The number of aromatic amines is 1. The monoisotopic (exact) mass is 430 g/mol. The van der Waals surface area contributed by atoms with Crippen molar-refractivity contribution in [1.29, 1.82) is 0 Å². The number of ether oxygens (including phenoxy) is 1. The summed E-state index contributed by atoms with van der Waals surface area (Å²) in [5, 5.41) is 1.38. The number of H-pyrrole nitrogens is 1. The van der Waals surface area contributed by atoms with Crippen molar-refractivity contribution in [2.75, 3.05) is 12.8 Å². The number of nitrogens with two attached hydrogens (primary N) is 1. The van der Waals surface area contributed by atoms with E-state index in [9.17, 15) is 4.79 Å². The normalized spacial score (nSPS) is 11.5. The zero-order chi connectivity index (χ0) is 18.4. The number of methoxy groups -OCH3 is 1. The van der Waals surface area contributed by atoms with Gasteiger partial charge in [-0.2, -0.15) is 0 Å². The first-order chi connectivity index (χ1) is 12.5. The van der Waals surface area contributed by atoms with Crippen molar-refractivity contribution in [1.82, 2.24) is 15.0 Å². The van der Waals surface area contributed by atoms with Crippen molar-refractivity contribution in [3.05, 3.63) is 50.3 Å². The molecule has 0 saturated carbocycles. The second-order valence-electron chi connectivity index (χ2n) is 5.96. The minimum absolute atomic E-state index is 0.204. The van der Waals surface area contributed by atoms with Crippen molar-refractivity contribution in [3.63, 3.8) is 0 Å². The molecule has 1 aromatic carbocycles. The summed E-state index contributed by atoms with van der Waals surface area (Å²) in [5.74, 6) is 0.450. The molecule has 0 aliphatic rings. The summed E-state index contributed by atoms with van der Waals surface area (Å²) in [5.41, 5.74) is 9.25. The molecule has 0 radical (unpaired) electrons. The van der Waals surface area contributed by atoms with Crippen LogP contribution in [0.2, 0.25) is 0 Å². The minimum Gasteiger partial charge on any atom is -0.397 e. The SMILES string of the molecule is COCc1cc(C)nc2sc(-c3nc4ccc(Br)cc4c(=O)[nH]3)c(N)c12. The van der Waals surface area contributed by atoms with E-state index in [1.165, 1.54) is 11.3 Å². The lowest BCUT2D eigenvalue weighted by Crippen LogP contribution is -2.09. The maximum Gasteiger partial charge on any atom is 0.259 e. The molecule has 0 spiro atoms. The number of hydrogen-bond donors (Lipinski definition) is 2. The third-order valence-electron chi connectivity index (χ3n) is 4.09. The van der Waals surface area contributed by atoms with Crippen LogP contribution in [0.3, 0.4) is 0 Å². The summed E-state index contributed by atoms with van der Waals surface area (Å²) in [7, 11) is 1.64. The molecule has 26 heavy (non-hydrogen) atoms. The van der Waals surface area contributed by atoms with Gasteiger partial charge in [0.1, 0.15) is 4.83 Å². The van der Waals surface area contributed by atoms with Crippen LogP contribution in [0.5, 0.6) is 0 Å². The average molecular weight is 431 g/mol. The van der Waals surface area contributed by atoms with Crippen LogP contribution in [0.15, 0.2) is 33.5 Å². The molecule has 8 heteroatoms. The molecule has 3 aromatic heterocycles. The molecular formula is C18H15BrN4O2S. The number of aryl methyl sites for hydroxylation is 1. The Balaban J connectivity index is 1.99. The first-order valence-electron chi connectivity index (χ1n) is 7.85. The van der Waals surface area contributed by atoms with E-state index >= 15 is 0 Å². The predicted molar refractivity (Wildman–Crippen MR) is 109 cm³/mol. The van der Waals surface area contributed by atoms with Gasteiger partial charge in [-0.15, -0.1) is 11.3 Å². The maximum absolute atomic E-state index is 12.5. The summed E-state index contributed by atoms with van der Waals surface area (Å²) in [4.78, 5) is 26.0. The number of rotatable bonds is 3. The Morgan fingerprint density at radius 3 is 2.88 bits per heavy atom. The summed E-state index contributed by atoms with van der Waals surface area (Å²) in [6, 6.07) is 7.38. The molecule has 0 aliphatic heterocycles. The van der Waals surface area contributed by atoms with Gasteiger partial charge < -0.3 is 15.5 Å². The molecule has 0 fully saturated rings. The topological polar surface area (TPSA) is 93.9 Å². The van der Waals surface area contributed by atoms with Crippen LogP contribution in [-0.4, -0.2) is 22.1 Å². The highest BCUT2D eigenvalue weighted by Crippen LogP contribution is 2.40. The number of nitrogens with zero attached hydrogens (tertiary/aromatic N) is 2. The smallest absolute Gasteiger partial charge is 0.259 e. The van der Waals surface area contributed by atoms with Crippen LogP contribution in [0.1, 0.15) is 11.3 Å². The second kappa shape index (κ2) is 6.46. The van der Waals surface area contributed by atoms with E-state index in [0.29, 0.717) is 33.9 Å². The van der Waals surface area contributed by atoms with Gasteiger partial charge >= 0.3 is 0 Å². The van der Waals surface area contributed by atoms with E-state index in [4.69, 9.17) is 10.5 Å². The fraction of sp³-hybridized carbons (Fsp3) is 0.167. The molecule has 6 nitrogen and oxygen atoms in total. The van der Waals surface area contributed by atoms with Gasteiger partial charge in [0, 0.05) is 22.7 Å². The molecule has 4 rings (SSSR count). The lowest BCUT2D eigenvalue weighted by Gasteiger charge is -2.05. The van der Waals surface area contributed by atoms with Gasteiger partial charge in [-0.05, 0) is 36.8 Å². The van der Waals surface area contributed by atoms with Crippen LogP contribution in [0.25, 0.3) is 31.8 Å². The first kappa shape index (κ1) is 17.1. The number of fused-ring (bicyclic) bond motifs is 2. The molecule has 0 amide bonds. The number of benzene rings is 1. The summed E-state index contributed by atoms with van der Waals surface area (Å²) in [6.45, 7) is 2.37. The molecule has 132 valence electrons. The number of thiophene rings is 1. The Labute approximate surface area is 161 Å². The molecule has 3 N–H and O–H groups in total. The van der Waals surface area contributed by atoms with E-state index in [2.05, 4.69) is 30.9 Å². The van der Waals surface area contributed by atoms with Gasteiger partial charge in [-0.1, -0.05) is 15.9 Å². The third-order valence-corrected chi connectivity index (χ3v) is 5.69. The maximum atomic E-state index is 12.5. The van der Waals surface area contributed by atoms with Crippen molar-refractivity contribution >= 4 is 54.1 Å². The van der Waals surface area contributed by atoms with Gasteiger partial charge in [-0.25, -0.2) is 9.97 Å². The number of hydrogen-bond acceptors (Lipinski definition) is 6. The lowest BCUT2D eigenvalue weighted by atomic mass is 10.1. The fourth-order valence-electron chi connectivity index (χ4n) is 3.00. The first-order valence-corrected chi connectivity index (χ1v) is 9.46. The predicted octanol–water partition coefficient (Wildman–Crippen LogP) is 4.00. The summed E-state index contributed by atoms with van der Waals surface area (Å²) < 4.78 is 6.12. The van der Waals surface area contributed by atoms with Gasteiger partial charge in [0.25, 0.3) is 5.56 Å². The Bertz CT molecular complexity index is 1220. The molecule has 4 aromatic rings. The van der Waals surface area contributed by atoms with Gasteiger partial charge in [-0.3, -0.25) is 4.79 Å². The zero-order valence-electron chi connectivity index (χ0n) is 14.1. The summed E-state index contributed by atoms with van der Waals surface area (Å²) in [6.07, 6.45) is 0. The molecule has 0 unspecified atom stereocenters. The van der Waals surface area contributed by atoms with E-state index in [0.717, 1.165) is 25.9 Å². The number of pyridine rings is 1. The van der Waals surface area contributed by atoms with E-state index in [1.54, 1.807) is 19.2 Å². The quantitative estimate of drug-likeness (QED) is 0.512. The Kier molecular flexibility index (Phi) is 4.26. The largest absolute Gasteiger partial charge is 0.397 e. The van der Waals surface area contributed by atoms with Crippen molar-refractivity contribution in [2.24, 2.45) is 0 Å². The molecule has 0 saturated heterocycles. The third kappa shape index (κ3) is 2.80. The van der Waals surface area contributed by atoms with Crippen LogP contribution in [0.4, 0.5) is 5.69 Å². The average Bonchev–Trinajstić information content (AvgIpc) is 2.92. The number of nitrogens with one attached hydrogen (secondary N) is 1. The van der Waals surface area contributed by atoms with Gasteiger partial charge in [0.15, 0.2) is 5.82 Å². The molecule has 0 atom stereocenters. The molecule has 0 aliphatic carbocycles. The number of anilines is 1. The van der Waals surface area contributed by atoms with Crippen molar-refractivity contribution in [3.8, 4) is 10.7 Å². The fourth-order valence-corrected chi connectivity index (χ4v) is 4.49.